The van der Waals surface area contributed by atoms with Gasteiger partial charge in [0.25, 0.3) is 0 Å². The van der Waals surface area contributed by atoms with Crippen LogP contribution in [0.2, 0.25) is 0 Å². The minimum atomic E-state index is 0.818. The zero-order valence-electron chi connectivity index (χ0n) is 5.96. The molecule has 0 bridgehead atoms. The van der Waals surface area contributed by atoms with Crippen LogP contribution in [0.5, 0.6) is 0 Å². The number of hydrogen-bond acceptors (Lipinski definition) is 2. The van der Waals surface area contributed by atoms with E-state index in [0.717, 1.165) is 13.1 Å². The summed E-state index contributed by atoms with van der Waals surface area (Å²) in [4.78, 5) is 0. The Morgan fingerprint density at radius 2 is 2.50 bits per heavy atom. The second-order valence-electron chi connectivity index (χ2n) is 2.07. The van der Waals surface area contributed by atoms with Crippen molar-refractivity contribution in [3.63, 3.8) is 0 Å². The summed E-state index contributed by atoms with van der Waals surface area (Å²) in [6.07, 6.45) is 9.97. The quantitative estimate of drug-likeness (QED) is 0.584. The highest BCUT2D eigenvalue weighted by Crippen LogP contribution is 1.92. The molecule has 1 rings (SSSR count). The number of hydrogen-bond donors (Lipinski definition) is 1. The van der Waals surface area contributed by atoms with Crippen molar-refractivity contribution in [1.82, 2.24) is 10.4 Å². The van der Waals surface area contributed by atoms with Crippen LogP contribution in [0.15, 0.2) is 37.1 Å². The Hall–Kier alpha value is -1.02. The Morgan fingerprint density at radius 3 is 3.10 bits per heavy atom. The summed E-state index contributed by atoms with van der Waals surface area (Å²) >= 11 is 0. The van der Waals surface area contributed by atoms with Crippen molar-refractivity contribution >= 4 is 0 Å². The normalized spacial score (nSPS) is 15.8. The first kappa shape index (κ1) is 7.09. The Balaban J connectivity index is 2.23. The lowest BCUT2D eigenvalue weighted by molar-refractivity contribution is 0.311. The van der Waals surface area contributed by atoms with Crippen LogP contribution < -0.4 is 5.43 Å². The van der Waals surface area contributed by atoms with Gasteiger partial charge in [-0.2, -0.15) is 0 Å². The summed E-state index contributed by atoms with van der Waals surface area (Å²) in [5, 5.41) is 2.02. The summed E-state index contributed by atoms with van der Waals surface area (Å²) < 4.78 is 0. The van der Waals surface area contributed by atoms with Crippen LogP contribution in [0.3, 0.4) is 0 Å². The van der Waals surface area contributed by atoms with Gasteiger partial charge in [0.2, 0.25) is 0 Å². The third kappa shape index (κ3) is 2.07. The topological polar surface area (TPSA) is 15.3 Å². The molecule has 1 N–H and O–H groups in total. The minimum absolute atomic E-state index is 0.818. The highest BCUT2D eigenvalue weighted by molar-refractivity contribution is 5.07. The molecular formula is C8H12N2. The molecule has 0 unspecified atom stereocenters. The Labute approximate surface area is 61.5 Å². The molecule has 0 saturated carbocycles. The molecule has 0 aliphatic carbocycles. The van der Waals surface area contributed by atoms with Crippen LogP contribution >= 0.6 is 0 Å². The molecule has 0 fully saturated rings. The van der Waals surface area contributed by atoms with Gasteiger partial charge in [0, 0.05) is 12.7 Å². The van der Waals surface area contributed by atoms with Crippen LogP contribution in [-0.4, -0.2) is 18.1 Å². The molecule has 0 aromatic heterocycles. The van der Waals surface area contributed by atoms with Crippen molar-refractivity contribution in [1.29, 1.82) is 0 Å². The predicted octanol–water partition coefficient (Wildman–Crippen LogP) is 1.06. The van der Waals surface area contributed by atoms with Crippen LogP contribution in [0, 0.1) is 0 Å². The van der Waals surface area contributed by atoms with Gasteiger partial charge in [-0.15, -0.1) is 6.58 Å². The maximum atomic E-state index is 3.61. The fourth-order valence-corrected chi connectivity index (χ4v) is 0.766. The highest BCUT2D eigenvalue weighted by Gasteiger charge is 1.94. The second-order valence-corrected chi connectivity index (χ2v) is 2.07. The van der Waals surface area contributed by atoms with Gasteiger partial charge in [-0.05, 0) is 6.08 Å². The number of rotatable bonds is 3. The first-order valence-corrected chi connectivity index (χ1v) is 3.38. The lowest BCUT2D eigenvalue weighted by Gasteiger charge is -2.20. The van der Waals surface area contributed by atoms with Gasteiger partial charge in [-0.25, -0.2) is 5.43 Å². The van der Waals surface area contributed by atoms with Crippen molar-refractivity contribution in [2.75, 3.05) is 13.1 Å². The van der Waals surface area contributed by atoms with E-state index in [-0.39, 0.29) is 0 Å². The Morgan fingerprint density at radius 1 is 1.60 bits per heavy atom. The molecule has 0 atom stereocenters. The van der Waals surface area contributed by atoms with Crippen molar-refractivity contribution < 1.29 is 0 Å². The summed E-state index contributed by atoms with van der Waals surface area (Å²) in [6.45, 7) is 5.37. The average molecular weight is 136 g/mol. The van der Waals surface area contributed by atoms with E-state index >= 15 is 0 Å². The number of hydrazine groups is 1. The standard InChI is InChI=1S/C8H12N2/c1-2-6-9-10-7-4-3-5-8-10/h2-5,7,9H,1,6,8H2. The first-order chi connectivity index (χ1) is 4.93. The van der Waals surface area contributed by atoms with E-state index in [1.807, 2.05) is 29.4 Å². The summed E-state index contributed by atoms with van der Waals surface area (Å²) in [5.41, 5.74) is 3.15. The lowest BCUT2D eigenvalue weighted by atomic mass is 10.4. The van der Waals surface area contributed by atoms with Crippen molar-refractivity contribution in [3.05, 3.63) is 37.1 Å². The minimum Gasteiger partial charge on any atom is -0.312 e. The summed E-state index contributed by atoms with van der Waals surface area (Å²) in [5.74, 6) is 0. The van der Waals surface area contributed by atoms with Gasteiger partial charge < -0.3 is 5.01 Å². The molecule has 1 aliphatic rings. The molecule has 10 heavy (non-hydrogen) atoms. The Bertz CT molecular complexity index is 159. The number of nitrogens with zero attached hydrogens (tertiary/aromatic N) is 1. The molecule has 0 aromatic carbocycles. The van der Waals surface area contributed by atoms with E-state index in [4.69, 9.17) is 0 Å². The molecule has 2 heteroatoms. The molecule has 1 aliphatic heterocycles. The van der Waals surface area contributed by atoms with Crippen LogP contribution in [0.1, 0.15) is 0 Å². The van der Waals surface area contributed by atoms with Crippen molar-refractivity contribution in [2.45, 2.75) is 0 Å². The predicted molar refractivity (Wildman–Crippen MR) is 43.2 cm³/mol. The molecule has 0 aromatic rings. The second kappa shape index (κ2) is 3.90. The van der Waals surface area contributed by atoms with Gasteiger partial charge >= 0.3 is 0 Å². The van der Waals surface area contributed by atoms with Crippen LogP contribution in [-0.2, 0) is 0 Å². The molecular weight excluding hydrogens is 124 g/mol. The average Bonchev–Trinajstić information content (AvgIpc) is 2.03. The molecule has 0 amide bonds. The Kier molecular flexibility index (Phi) is 2.77. The maximum absolute atomic E-state index is 3.61. The molecule has 0 spiro atoms. The number of nitrogens with one attached hydrogen (secondary N) is 1. The summed E-state index contributed by atoms with van der Waals surface area (Å²) in [6, 6.07) is 0. The maximum Gasteiger partial charge on any atom is 0.0521 e. The molecule has 1 heterocycles. The third-order valence-corrected chi connectivity index (χ3v) is 1.25. The number of allylic oxidation sites excluding steroid dienone is 2. The molecule has 0 radical (unpaired) electrons. The van der Waals surface area contributed by atoms with Crippen LogP contribution in [0.4, 0.5) is 0 Å². The van der Waals surface area contributed by atoms with Gasteiger partial charge in [0.1, 0.15) is 0 Å². The highest BCUT2D eigenvalue weighted by atomic mass is 15.5. The van der Waals surface area contributed by atoms with Crippen molar-refractivity contribution in [3.8, 4) is 0 Å². The fraction of sp³-hybridized carbons (Fsp3) is 0.250. The van der Waals surface area contributed by atoms with E-state index in [1.54, 1.807) is 0 Å². The monoisotopic (exact) mass is 136 g/mol. The van der Waals surface area contributed by atoms with E-state index in [2.05, 4.69) is 18.1 Å². The van der Waals surface area contributed by atoms with Gasteiger partial charge in [-0.3, -0.25) is 0 Å². The summed E-state index contributed by atoms with van der Waals surface area (Å²) in [7, 11) is 0. The molecule has 2 nitrogen and oxygen atoms in total. The first-order valence-electron chi connectivity index (χ1n) is 3.38. The van der Waals surface area contributed by atoms with E-state index in [1.165, 1.54) is 0 Å². The van der Waals surface area contributed by atoms with E-state index in [0.29, 0.717) is 0 Å². The molecule has 0 saturated heterocycles. The lowest BCUT2D eigenvalue weighted by Crippen LogP contribution is -2.34. The van der Waals surface area contributed by atoms with Crippen molar-refractivity contribution in [2.24, 2.45) is 0 Å². The van der Waals surface area contributed by atoms with Gasteiger partial charge in [-0.1, -0.05) is 18.2 Å². The van der Waals surface area contributed by atoms with Gasteiger partial charge in [0.15, 0.2) is 0 Å². The van der Waals surface area contributed by atoms with Crippen LogP contribution in [0.25, 0.3) is 0 Å². The largest absolute Gasteiger partial charge is 0.312 e. The smallest absolute Gasteiger partial charge is 0.0521 e. The SMILES string of the molecule is C=CCNN1C=CC=CC1. The van der Waals surface area contributed by atoms with E-state index < -0.39 is 0 Å². The third-order valence-electron chi connectivity index (χ3n) is 1.25. The zero-order valence-corrected chi connectivity index (χ0v) is 5.96. The molecule has 54 valence electrons. The van der Waals surface area contributed by atoms with Gasteiger partial charge in [0.05, 0.1) is 6.54 Å². The fourth-order valence-electron chi connectivity index (χ4n) is 0.766. The zero-order chi connectivity index (χ0) is 7.23. The van der Waals surface area contributed by atoms with E-state index in [9.17, 15) is 0 Å².